The van der Waals surface area contributed by atoms with Crippen molar-refractivity contribution >= 4 is 51.6 Å². The van der Waals surface area contributed by atoms with Gasteiger partial charge in [-0.25, -0.2) is 0 Å². The molecule has 1 aromatic heterocycles. The molecular weight excluding hydrogens is 534 g/mol. The van der Waals surface area contributed by atoms with Gasteiger partial charge in [-0.2, -0.15) is 4.80 Å². The molecule has 5 rings (SSSR count). The average Bonchev–Trinajstić information content (AvgIpc) is 3.35. The Bertz CT molecular complexity index is 1660. The minimum Gasteiger partial charge on any atom is -0.495 e. The number of hydrogen-bond donors (Lipinski definition) is 2. The molecule has 0 saturated carbocycles. The maximum absolute atomic E-state index is 12.7. The van der Waals surface area contributed by atoms with Crippen LogP contribution in [0.25, 0.3) is 16.7 Å². The number of aromatic nitrogens is 3. The number of carbonyl (C=O) groups is 1. The summed E-state index contributed by atoms with van der Waals surface area (Å²) in [7, 11) is 1.56. The molecule has 0 aliphatic rings. The molecule has 0 aliphatic heterocycles. The van der Waals surface area contributed by atoms with E-state index in [1.807, 2.05) is 55.5 Å². The van der Waals surface area contributed by atoms with Crippen LogP contribution in [-0.4, -0.2) is 33.1 Å². The molecular formula is C29H24ClN5O3S. The van der Waals surface area contributed by atoms with E-state index in [-0.39, 0.29) is 11.0 Å². The second kappa shape index (κ2) is 11.5. The van der Waals surface area contributed by atoms with Gasteiger partial charge in [-0.15, -0.1) is 10.2 Å². The lowest BCUT2D eigenvalue weighted by Gasteiger charge is -2.12. The zero-order valence-corrected chi connectivity index (χ0v) is 22.7. The van der Waals surface area contributed by atoms with E-state index in [0.29, 0.717) is 51.1 Å². The zero-order valence-electron chi connectivity index (χ0n) is 21.1. The largest absolute Gasteiger partial charge is 0.495 e. The number of fused-ring (bicyclic) bond motifs is 1. The Morgan fingerprint density at radius 3 is 2.38 bits per heavy atom. The Balaban J connectivity index is 1.23. The van der Waals surface area contributed by atoms with Crippen LogP contribution in [0.3, 0.4) is 0 Å². The number of ether oxygens (including phenoxy) is 2. The van der Waals surface area contributed by atoms with Gasteiger partial charge in [-0.1, -0.05) is 41.9 Å². The summed E-state index contributed by atoms with van der Waals surface area (Å²) in [6.45, 7) is 2.37. The Kier molecular flexibility index (Phi) is 7.72. The van der Waals surface area contributed by atoms with Gasteiger partial charge in [0.1, 0.15) is 29.1 Å². The highest BCUT2D eigenvalue weighted by molar-refractivity contribution is 7.80. The number of aryl methyl sites for hydroxylation is 1. The van der Waals surface area contributed by atoms with E-state index in [9.17, 15) is 4.79 Å². The molecule has 0 unspecified atom stereocenters. The summed E-state index contributed by atoms with van der Waals surface area (Å²) in [6.07, 6.45) is 0. The highest BCUT2D eigenvalue weighted by Gasteiger charge is 2.13. The van der Waals surface area contributed by atoms with Crippen molar-refractivity contribution in [3.05, 3.63) is 107 Å². The van der Waals surface area contributed by atoms with E-state index in [2.05, 4.69) is 20.8 Å². The molecule has 0 saturated heterocycles. The van der Waals surface area contributed by atoms with Gasteiger partial charge < -0.3 is 14.8 Å². The molecule has 0 fully saturated rings. The summed E-state index contributed by atoms with van der Waals surface area (Å²) in [5.74, 6) is 0.913. The molecule has 2 N–H and O–H groups in total. The molecule has 39 heavy (non-hydrogen) atoms. The van der Waals surface area contributed by atoms with E-state index >= 15 is 0 Å². The van der Waals surface area contributed by atoms with Gasteiger partial charge in [0, 0.05) is 11.3 Å². The smallest absolute Gasteiger partial charge is 0.257 e. The molecule has 5 aromatic rings. The van der Waals surface area contributed by atoms with Crippen LogP contribution in [0.2, 0.25) is 5.02 Å². The predicted molar refractivity (Wildman–Crippen MR) is 156 cm³/mol. The van der Waals surface area contributed by atoms with E-state index < -0.39 is 0 Å². The van der Waals surface area contributed by atoms with Gasteiger partial charge in [-0.3, -0.25) is 10.1 Å². The summed E-state index contributed by atoms with van der Waals surface area (Å²) < 4.78 is 11.0. The van der Waals surface area contributed by atoms with Crippen LogP contribution >= 0.6 is 23.8 Å². The highest BCUT2D eigenvalue weighted by Crippen LogP contribution is 2.27. The van der Waals surface area contributed by atoms with Crippen molar-refractivity contribution in [1.29, 1.82) is 0 Å². The van der Waals surface area contributed by atoms with E-state index in [0.717, 1.165) is 11.1 Å². The fourth-order valence-electron chi connectivity index (χ4n) is 3.87. The van der Waals surface area contributed by atoms with Gasteiger partial charge in [0.05, 0.1) is 17.8 Å². The second-order valence-electron chi connectivity index (χ2n) is 8.67. The third-order valence-corrected chi connectivity index (χ3v) is 6.43. The Morgan fingerprint density at radius 2 is 1.69 bits per heavy atom. The monoisotopic (exact) mass is 557 g/mol. The quantitative estimate of drug-likeness (QED) is 0.234. The minimum atomic E-state index is -0.330. The number of anilines is 1. The molecule has 1 heterocycles. The van der Waals surface area contributed by atoms with Gasteiger partial charge in [-0.05, 0) is 84.9 Å². The molecule has 8 nitrogen and oxygen atoms in total. The summed E-state index contributed by atoms with van der Waals surface area (Å²) in [5, 5.41) is 15.6. The molecule has 10 heteroatoms. The summed E-state index contributed by atoms with van der Waals surface area (Å²) in [5.41, 5.74) is 5.17. The van der Waals surface area contributed by atoms with Crippen LogP contribution < -0.4 is 20.1 Å². The van der Waals surface area contributed by atoms with Crippen molar-refractivity contribution in [2.45, 2.75) is 13.5 Å². The van der Waals surface area contributed by atoms with E-state index in [4.69, 9.17) is 33.3 Å². The number of nitrogens with one attached hydrogen (secondary N) is 2. The Labute approximate surface area is 235 Å². The molecule has 0 radical (unpaired) electrons. The molecule has 0 spiro atoms. The topological polar surface area (TPSA) is 90.3 Å². The number of hydrogen-bond acceptors (Lipinski definition) is 6. The first-order valence-corrected chi connectivity index (χ1v) is 12.8. The van der Waals surface area contributed by atoms with Crippen LogP contribution in [0.15, 0.2) is 84.9 Å². The number of nitrogens with zero attached hydrogens (tertiary/aromatic N) is 3. The van der Waals surface area contributed by atoms with E-state index in [1.165, 1.54) is 4.80 Å². The predicted octanol–water partition coefficient (Wildman–Crippen LogP) is 6.10. The number of halogens is 1. The third kappa shape index (κ3) is 6.17. The lowest BCUT2D eigenvalue weighted by atomic mass is 10.2. The van der Waals surface area contributed by atoms with Crippen LogP contribution in [0, 0.1) is 6.92 Å². The summed E-state index contributed by atoms with van der Waals surface area (Å²) >= 11 is 11.7. The van der Waals surface area contributed by atoms with Gasteiger partial charge in [0.2, 0.25) is 0 Å². The van der Waals surface area contributed by atoms with Crippen molar-refractivity contribution in [3.63, 3.8) is 0 Å². The number of methoxy groups -OCH3 is 1. The lowest BCUT2D eigenvalue weighted by molar-refractivity contribution is 0.0977. The van der Waals surface area contributed by atoms with Crippen molar-refractivity contribution in [3.8, 4) is 17.2 Å². The first-order valence-electron chi connectivity index (χ1n) is 12.0. The third-order valence-electron chi connectivity index (χ3n) is 5.93. The molecule has 0 atom stereocenters. The van der Waals surface area contributed by atoms with Crippen LogP contribution in [0.4, 0.5) is 5.69 Å². The van der Waals surface area contributed by atoms with E-state index in [1.54, 1.807) is 43.5 Å². The fourth-order valence-corrected chi connectivity index (χ4v) is 4.32. The molecule has 4 aromatic carbocycles. The summed E-state index contributed by atoms with van der Waals surface area (Å²) in [4.78, 5) is 14.2. The first kappa shape index (κ1) is 26.1. The Hall–Kier alpha value is -4.47. The molecule has 0 bridgehead atoms. The molecule has 196 valence electrons. The van der Waals surface area contributed by atoms with Crippen molar-refractivity contribution in [1.82, 2.24) is 20.3 Å². The molecule has 0 aliphatic carbocycles. The number of carbonyl (C=O) groups excluding carboxylic acids is 1. The standard InChI is InChI=1S/C29H24ClN5O3S/c1-18-14-25-26(34-35(33-25)21-10-13-27(37-2)23(30)15-21)16-24(18)31-29(39)32-28(36)20-8-11-22(12-9-20)38-17-19-6-4-3-5-7-19/h3-16H,17H2,1-2H3,(H2,31,32,36,39). The van der Waals surface area contributed by atoms with Crippen LogP contribution in [0.1, 0.15) is 21.5 Å². The van der Waals surface area contributed by atoms with Crippen molar-refractivity contribution in [2.75, 3.05) is 12.4 Å². The number of thiocarbonyl (C=S) groups is 1. The van der Waals surface area contributed by atoms with Gasteiger partial charge in [0.25, 0.3) is 5.91 Å². The number of amides is 1. The maximum Gasteiger partial charge on any atom is 0.257 e. The zero-order chi connectivity index (χ0) is 27.4. The normalized spacial score (nSPS) is 10.7. The van der Waals surface area contributed by atoms with Crippen LogP contribution in [0.5, 0.6) is 11.5 Å². The Morgan fingerprint density at radius 1 is 0.974 bits per heavy atom. The van der Waals surface area contributed by atoms with Crippen molar-refractivity contribution < 1.29 is 14.3 Å². The number of benzene rings is 4. The average molecular weight is 558 g/mol. The number of rotatable bonds is 7. The van der Waals surface area contributed by atoms with Gasteiger partial charge in [0.15, 0.2) is 5.11 Å². The van der Waals surface area contributed by atoms with Crippen molar-refractivity contribution in [2.24, 2.45) is 0 Å². The minimum absolute atomic E-state index is 0.168. The highest BCUT2D eigenvalue weighted by atomic mass is 35.5. The second-order valence-corrected chi connectivity index (χ2v) is 9.49. The summed E-state index contributed by atoms with van der Waals surface area (Å²) in [6, 6.07) is 25.8. The SMILES string of the molecule is COc1ccc(-n2nc3cc(C)c(NC(=S)NC(=O)c4ccc(OCc5ccccc5)cc4)cc3n2)cc1Cl. The lowest BCUT2D eigenvalue weighted by Crippen LogP contribution is -2.34. The molecule has 1 amide bonds. The maximum atomic E-state index is 12.7. The van der Waals surface area contributed by atoms with Crippen LogP contribution in [-0.2, 0) is 6.61 Å². The fraction of sp³-hybridized carbons (Fsp3) is 0.103. The first-order chi connectivity index (χ1) is 18.9. The van der Waals surface area contributed by atoms with Gasteiger partial charge >= 0.3 is 0 Å².